The fourth-order valence-electron chi connectivity index (χ4n) is 10.6. The molecule has 4 aromatic rings. The number of pyridine rings is 1. The highest BCUT2D eigenvalue weighted by Crippen LogP contribution is 2.47. The molecule has 318 valence electrons. The number of amides is 1. The van der Waals surface area contributed by atoms with E-state index in [1.54, 1.807) is 11.2 Å². The van der Waals surface area contributed by atoms with E-state index in [2.05, 4.69) is 66.5 Å². The summed E-state index contributed by atoms with van der Waals surface area (Å²) in [4.78, 5) is 36.6. The molecule has 1 aliphatic heterocycles. The Morgan fingerprint density at radius 3 is 1.62 bits per heavy atom. The van der Waals surface area contributed by atoms with Crippen LogP contribution in [-0.4, -0.2) is 45.0 Å². The molecule has 1 N–H and O–H groups in total. The van der Waals surface area contributed by atoms with Gasteiger partial charge in [0.2, 0.25) is 5.43 Å². The van der Waals surface area contributed by atoms with Crippen LogP contribution in [0.1, 0.15) is 161 Å². The molecule has 4 atom stereocenters. The average Bonchev–Trinajstić information content (AvgIpc) is 3.31. The van der Waals surface area contributed by atoms with Gasteiger partial charge < -0.3 is 14.5 Å². The van der Waals surface area contributed by atoms with Crippen molar-refractivity contribution in [3.8, 4) is 11.8 Å². The molecule has 1 aromatic heterocycles. The van der Waals surface area contributed by atoms with Gasteiger partial charge in [-0.1, -0.05) is 156 Å². The molecule has 60 heavy (non-hydrogen) atoms. The molecule has 0 saturated heterocycles. The highest BCUT2D eigenvalue weighted by Gasteiger charge is 2.44. The number of aldehydes is 1. The van der Waals surface area contributed by atoms with Crippen molar-refractivity contribution in [1.82, 2.24) is 14.6 Å². The van der Waals surface area contributed by atoms with Crippen molar-refractivity contribution >= 4 is 12.2 Å². The molecule has 4 aliphatic rings. The van der Waals surface area contributed by atoms with Crippen molar-refractivity contribution in [2.45, 2.75) is 134 Å². The molecule has 0 radical (unpaired) electrons. The number of fused-ring (bicyclic) bond motifs is 1. The third-order valence-corrected chi connectivity index (χ3v) is 13.6. The van der Waals surface area contributed by atoms with E-state index >= 15 is 0 Å². The third-order valence-electron chi connectivity index (χ3n) is 13.6. The maximum absolute atomic E-state index is 13.2. The van der Waals surface area contributed by atoms with E-state index in [-0.39, 0.29) is 35.5 Å². The minimum Gasteiger partial charge on any atom is -0.503 e. The Bertz CT molecular complexity index is 2010. The number of carbonyl (C=O) groups excluding carboxylic acids is 2. The number of hydrazine groups is 1. The molecular formula is C52H66N4O4. The zero-order valence-corrected chi connectivity index (χ0v) is 35.9. The molecule has 0 spiro atoms. The van der Waals surface area contributed by atoms with Crippen LogP contribution in [0.25, 0.3) is 0 Å². The predicted octanol–water partition coefficient (Wildman–Crippen LogP) is 11.6. The Hall–Kier alpha value is -5.00. The van der Waals surface area contributed by atoms with Crippen molar-refractivity contribution in [2.75, 3.05) is 13.1 Å². The van der Waals surface area contributed by atoms with Crippen LogP contribution < -0.4 is 5.43 Å². The molecule has 3 aromatic carbocycles. The minimum absolute atomic E-state index is 0.107. The van der Waals surface area contributed by atoms with Crippen LogP contribution in [0.4, 0.5) is 0 Å². The van der Waals surface area contributed by atoms with Crippen LogP contribution in [0.15, 0.2) is 108 Å². The predicted molar refractivity (Wildman–Crippen MR) is 239 cm³/mol. The average molecular weight is 811 g/mol. The van der Waals surface area contributed by atoms with E-state index < -0.39 is 11.2 Å². The second-order valence-corrected chi connectivity index (χ2v) is 17.2. The summed E-state index contributed by atoms with van der Waals surface area (Å²) >= 11 is 0. The van der Waals surface area contributed by atoms with Gasteiger partial charge in [-0.2, -0.15) is 10.3 Å². The zero-order valence-electron chi connectivity index (χ0n) is 35.9. The number of likely N-dealkylation sites (N-methyl/N-ethyl adjacent to an activating group) is 1. The van der Waals surface area contributed by atoms with Crippen LogP contribution >= 0.6 is 0 Å². The smallest absolute Gasteiger partial charge is 0.288 e. The second-order valence-electron chi connectivity index (χ2n) is 17.2. The van der Waals surface area contributed by atoms with E-state index in [4.69, 9.17) is 0 Å². The molecular weight excluding hydrogens is 745 g/mol. The first-order valence-corrected chi connectivity index (χ1v) is 22.9. The Morgan fingerprint density at radius 2 is 1.13 bits per heavy atom. The van der Waals surface area contributed by atoms with E-state index in [1.165, 1.54) is 106 Å². The highest BCUT2D eigenvalue weighted by molar-refractivity contribution is 5.95. The summed E-state index contributed by atoms with van der Waals surface area (Å²) in [5, 5.41) is 23.7. The van der Waals surface area contributed by atoms with E-state index in [9.17, 15) is 24.8 Å². The number of rotatable bonds is 10. The largest absolute Gasteiger partial charge is 0.503 e. The van der Waals surface area contributed by atoms with Gasteiger partial charge in [0.25, 0.3) is 5.91 Å². The van der Waals surface area contributed by atoms with Crippen LogP contribution in [0.5, 0.6) is 5.75 Å². The normalized spacial score (nSPS) is 20.5. The van der Waals surface area contributed by atoms with Gasteiger partial charge in [0.05, 0.1) is 12.0 Å². The molecule has 1 amide bonds. The van der Waals surface area contributed by atoms with Crippen molar-refractivity contribution in [2.24, 2.45) is 17.8 Å². The molecule has 2 heterocycles. The fourth-order valence-corrected chi connectivity index (χ4v) is 10.6. The summed E-state index contributed by atoms with van der Waals surface area (Å²) in [7, 11) is 0. The lowest BCUT2D eigenvalue weighted by molar-refractivity contribution is -0.110. The van der Waals surface area contributed by atoms with E-state index in [0.717, 1.165) is 19.1 Å². The fraction of sp³-hybridized carbons (Fsp3) is 0.500. The summed E-state index contributed by atoms with van der Waals surface area (Å²) in [6, 6.07) is 34.8. The summed E-state index contributed by atoms with van der Waals surface area (Å²) in [6.45, 7) is 5.13. The number of hydrogen-bond acceptors (Lipinski definition) is 6. The zero-order chi connectivity index (χ0) is 42.3. The lowest BCUT2D eigenvalue weighted by Gasteiger charge is -2.50. The number of nitrogens with zero attached hydrogens (tertiary/aromatic N) is 4. The topological polar surface area (TPSA) is 107 Å². The summed E-state index contributed by atoms with van der Waals surface area (Å²) in [5.41, 5.74) is 3.23. The molecule has 3 saturated carbocycles. The van der Waals surface area contributed by atoms with E-state index in [1.807, 2.05) is 54.0 Å². The Morgan fingerprint density at radius 1 is 0.650 bits per heavy atom. The number of benzene rings is 3. The summed E-state index contributed by atoms with van der Waals surface area (Å²) in [5.74, 6) is 1.27. The van der Waals surface area contributed by atoms with Crippen molar-refractivity contribution < 1.29 is 14.7 Å². The maximum atomic E-state index is 13.2. The van der Waals surface area contributed by atoms with Crippen LogP contribution in [-0.2, 0) is 4.79 Å². The van der Waals surface area contributed by atoms with Gasteiger partial charge in [-0.15, -0.1) is 0 Å². The quantitative estimate of drug-likeness (QED) is 0.160. The molecule has 8 rings (SSSR count). The first kappa shape index (κ1) is 44.5. The number of aromatic nitrogens is 1. The monoisotopic (exact) mass is 811 g/mol. The standard InChI is InChI=1S/C24H31N3O3.C14H17N.C14H18O/c1-3-26-23(20(17-11-7-5-8-12-17)18-13-9-6-10-14-18)25-16-15-19(28)22(29)21(25)24(30)27(26)4-2;2*15-11-14(12-7-3-1-4-8-12)13-9-5-2-6-10-13/h5,7-8,11-12,15-16,18,20,23,29H,3-4,6,9-10,13-14H2,1-2H3;1,3-4,7-8,13-14H,2,5-6,9-10H2;1,3-4,7-8,11,13-14H,2,5-6,9-10H2. The second kappa shape index (κ2) is 22.6. The van der Waals surface area contributed by atoms with Gasteiger partial charge in [-0.05, 0) is 79.9 Å². The molecule has 8 heteroatoms. The molecule has 3 fully saturated rings. The van der Waals surface area contributed by atoms with Gasteiger partial charge in [0.15, 0.2) is 11.4 Å². The van der Waals surface area contributed by atoms with Crippen LogP contribution in [0.3, 0.4) is 0 Å². The molecule has 3 aliphatic carbocycles. The Kier molecular flexibility index (Phi) is 16.7. The number of hydrogen-bond donors (Lipinski definition) is 1. The van der Waals surface area contributed by atoms with Gasteiger partial charge in [-0.3, -0.25) is 14.6 Å². The van der Waals surface area contributed by atoms with Gasteiger partial charge in [0.1, 0.15) is 12.5 Å². The number of aromatic hydroxyl groups is 1. The Labute approximate surface area is 358 Å². The van der Waals surface area contributed by atoms with Gasteiger partial charge >= 0.3 is 0 Å². The third kappa shape index (κ3) is 10.7. The lowest BCUT2D eigenvalue weighted by Crippen LogP contribution is -2.57. The van der Waals surface area contributed by atoms with E-state index in [0.29, 0.717) is 30.8 Å². The SMILES string of the molecule is CCN1C(=O)c2c(O)c(=O)ccn2C(C(c2ccccc2)C2CCCCC2)N1CC.N#CC(c1ccccc1)C1CCCCC1.O=CC(c1ccccc1)C1CCCCC1. The number of nitriles is 1. The number of carbonyl (C=O) groups is 2. The minimum atomic E-state index is -0.511. The van der Waals surface area contributed by atoms with Gasteiger partial charge in [-0.25, -0.2) is 0 Å². The van der Waals surface area contributed by atoms with Crippen molar-refractivity contribution in [1.29, 1.82) is 5.26 Å². The highest BCUT2D eigenvalue weighted by atomic mass is 16.3. The first-order chi connectivity index (χ1) is 29.4. The summed E-state index contributed by atoms with van der Waals surface area (Å²) in [6.07, 6.45) is 21.4. The van der Waals surface area contributed by atoms with Gasteiger partial charge in [0, 0.05) is 37.2 Å². The Balaban J connectivity index is 0.000000168. The summed E-state index contributed by atoms with van der Waals surface area (Å²) < 4.78 is 1.85. The van der Waals surface area contributed by atoms with Crippen molar-refractivity contribution in [3.05, 3.63) is 136 Å². The van der Waals surface area contributed by atoms with Crippen LogP contribution in [0.2, 0.25) is 0 Å². The molecule has 0 bridgehead atoms. The van der Waals surface area contributed by atoms with Crippen LogP contribution in [0, 0.1) is 29.1 Å². The molecule has 4 unspecified atom stereocenters. The maximum Gasteiger partial charge on any atom is 0.288 e. The molecule has 8 nitrogen and oxygen atoms in total. The lowest BCUT2D eigenvalue weighted by atomic mass is 9.74. The first-order valence-electron chi connectivity index (χ1n) is 22.9. The van der Waals surface area contributed by atoms with Crippen molar-refractivity contribution in [3.63, 3.8) is 0 Å².